The Morgan fingerprint density at radius 2 is 2.14 bits per heavy atom. The fourth-order valence-electron chi connectivity index (χ4n) is 1.21. The highest BCUT2D eigenvalue weighted by Gasteiger charge is 2.03. The summed E-state index contributed by atoms with van der Waals surface area (Å²) in [6.07, 6.45) is 0. The SMILES string of the molecule is Cc1cc(-c2nc(=S)[nH][nH]2)ccc1O. The van der Waals surface area contributed by atoms with Gasteiger partial charge in [-0.25, -0.2) is 0 Å². The Bertz CT molecular complexity index is 515. The van der Waals surface area contributed by atoms with Crippen LogP contribution in [0.3, 0.4) is 0 Å². The number of benzene rings is 1. The number of nitrogens with one attached hydrogen (secondary N) is 2. The van der Waals surface area contributed by atoms with Crippen molar-refractivity contribution in [1.29, 1.82) is 0 Å². The third-order valence-electron chi connectivity index (χ3n) is 1.97. The molecule has 1 heterocycles. The Kier molecular flexibility index (Phi) is 2.09. The van der Waals surface area contributed by atoms with Crippen LogP contribution in [0.15, 0.2) is 18.2 Å². The molecule has 4 nitrogen and oxygen atoms in total. The summed E-state index contributed by atoms with van der Waals surface area (Å²) in [6.45, 7) is 1.83. The van der Waals surface area contributed by atoms with Crippen LogP contribution in [-0.4, -0.2) is 20.3 Å². The highest BCUT2D eigenvalue weighted by molar-refractivity contribution is 7.71. The first kappa shape index (κ1) is 8.96. The first-order valence-corrected chi connectivity index (χ1v) is 4.52. The van der Waals surface area contributed by atoms with Crippen molar-refractivity contribution in [3.8, 4) is 17.1 Å². The van der Waals surface area contributed by atoms with E-state index in [0.29, 0.717) is 10.6 Å². The first-order valence-electron chi connectivity index (χ1n) is 4.11. The third kappa shape index (κ3) is 1.54. The lowest BCUT2D eigenvalue weighted by atomic mass is 10.1. The maximum absolute atomic E-state index is 9.34. The minimum absolute atomic E-state index is 0.280. The minimum atomic E-state index is 0.280. The molecule has 2 rings (SSSR count). The number of rotatable bonds is 1. The zero-order valence-electron chi connectivity index (χ0n) is 7.53. The molecular formula is C9H9N3OS. The van der Waals surface area contributed by atoms with Gasteiger partial charge in [0.25, 0.3) is 0 Å². The van der Waals surface area contributed by atoms with Crippen LogP contribution in [0.1, 0.15) is 5.56 Å². The fraction of sp³-hybridized carbons (Fsp3) is 0.111. The number of phenols is 1. The molecule has 0 aliphatic carbocycles. The number of hydrogen-bond donors (Lipinski definition) is 3. The van der Waals surface area contributed by atoms with E-state index in [1.165, 1.54) is 0 Å². The van der Waals surface area contributed by atoms with Crippen molar-refractivity contribution >= 4 is 12.2 Å². The Morgan fingerprint density at radius 1 is 1.36 bits per heavy atom. The van der Waals surface area contributed by atoms with Gasteiger partial charge < -0.3 is 5.11 Å². The van der Waals surface area contributed by atoms with Gasteiger partial charge in [-0.15, -0.1) is 0 Å². The monoisotopic (exact) mass is 207 g/mol. The van der Waals surface area contributed by atoms with Crippen LogP contribution in [0.25, 0.3) is 11.4 Å². The topological polar surface area (TPSA) is 64.7 Å². The number of aryl methyl sites for hydroxylation is 1. The van der Waals surface area contributed by atoms with Crippen molar-refractivity contribution < 1.29 is 5.11 Å². The molecule has 0 saturated carbocycles. The molecule has 5 heteroatoms. The summed E-state index contributed by atoms with van der Waals surface area (Å²) in [6, 6.07) is 5.26. The van der Waals surface area contributed by atoms with Gasteiger partial charge in [-0.1, -0.05) is 0 Å². The molecule has 0 bridgehead atoms. The Balaban J connectivity index is 2.52. The maximum atomic E-state index is 9.34. The van der Waals surface area contributed by atoms with Crippen LogP contribution in [0.4, 0.5) is 0 Å². The average molecular weight is 207 g/mol. The van der Waals surface area contributed by atoms with Gasteiger partial charge in [-0.05, 0) is 42.9 Å². The second-order valence-electron chi connectivity index (χ2n) is 3.02. The van der Waals surface area contributed by atoms with Gasteiger partial charge >= 0.3 is 0 Å². The summed E-state index contributed by atoms with van der Waals surface area (Å²) in [5.74, 6) is 0.959. The molecule has 1 aromatic heterocycles. The van der Waals surface area contributed by atoms with E-state index in [2.05, 4.69) is 15.2 Å². The van der Waals surface area contributed by atoms with Crippen LogP contribution in [0.5, 0.6) is 5.75 Å². The number of H-pyrrole nitrogens is 2. The second-order valence-corrected chi connectivity index (χ2v) is 3.40. The number of phenolic OH excluding ortho intramolecular Hbond substituents is 1. The summed E-state index contributed by atoms with van der Waals surface area (Å²) in [5, 5.41) is 14.9. The lowest BCUT2D eigenvalue weighted by Gasteiger charge is -2.00. The molecule has 2 aromatic rings. The second kappa shape index (κ2) is 3.26. The Hall–Kier alpha value is -1.62. The number of nitrogens with zero attached hydrogens (tertiary/aromatic N) is 1. The van der Waals surface area contributed by atoms with Gasteiger partial charge in [0.2, 0.25) is 4.77 Å². The highest BCUT2D eigenvalue weighted by Crippen LogP contribution is 2.22. The van der Waals surface area contributed by atoms with E-state index in [-0.39, 0.29) is 5.75 Å². The van der Waals surface area contributed by atoms with Gasteiger partial charge in [0.05, 0.1) is 0 Å². The van der Waals surface area contributed by atoms with Crippen molar-refractivity contribution in [3.05, 3.63) is 28.5 Å². The molecule has 0 aliphatic heterocycles. The molecule has 0 atom stereocenters. The predicted octanol–water partition coefficient (Wildman–Crippen LogP) is 2.15. The van der Waals surface area contributed by atoms with Crippen molar-refractivity contribution in [2.75, 3.05) is 0 Å². The Morgan fingerprint density at radius 3 is 2.71 bits per heavy atom. The van der Waals surface area contributed by atoms with E-state index in [4.69, 9.17) is 12.2 Å². The molecule has 0 amide bonds. The van der Waals surface area contributed by atoms with Crippen LogP contribution >= 0.6 is 12.2 Å². The molecule has 0 saturated heterocycles. The largest absolute Gasteiger partial charge is 0.508 e. The van der Waals surface area contributed by atoms with E-state index in [0.717, 1.165) is 11.1 Å². The summed E-state index contributed by atoms with van der Waals surface area (Å²) >= 11 is 4.84. The normalized spacial score (nSPS) is 10.4. The number of hydrogen-bond acceptors (Lipinski definition) is 3. The lowest BCUT2D eigenvalue weighted by Crippen LogP contribution is -1.82. The van der Waals surface area contributed by atoms with E-state index in [1.807, 2.05) is 13.0 Å². The number of aromatic nitrogens is 3. The van der Waals surface area contributed by atoms with Gasteiger partial charge in [0, 0.05) is 5.56 Å². The Labute approximate surface area is 85.6 Å². The fourth-order valence-corrected chi connectivity index (χ4v) is 1.35. The molecule has 3 N–H and O–H groups in total. The minimum Gasteiger partial charge on any atom is -0.508 e. The molecule has 1 aromatic carbocycles. The zero-order valence-corrected chi connectivity index (χ0v) is 8.35. The van der Waals surface area contributed by atoms with Crippen LogP contribution in [-0.2, 0) is 0 Å². The summed E-state index contributed by atoms with van der Waals surface area (Å²) in [4.78, 5) is 4.07. The molecule has 0 fully saturated rings. The third-order valence-corrected chi connectivity index (χ3v) is 2.16. The molecule has 0 unspecified atom stereocenters. The molecule has 0 spiro atoms. The smallest absolute Gasteiger partial charge is 0.213 e. The van der Waals surface area contributed by atoms with Crippen molar-refractivity contribution in [2.24, 2.45) is 0 Å². The van der Waals surface area contributed by atoms with E-state index in [9.17, 15) is 5.11 Å². The summed E-state index contributed by atoms with van der Waals surface area (Å²) in [7, 11) is 0. The molecule has 72 valence electrons. The van der Waals surface area contributed by atoms with Crippen LogP contribution in [0.2, 0.25) is 0 Å². The van der Waals surface area contributed by atoms with Crippen LogP contribution < -0.4 is 0 Å². The molecule has 14 heavy (non-hydrogen) atoms. The maximum Gasteiger partial charge on any atom is 0.213 e. The molecule has 0 aliphatic rings. The average Bonchev–Trinajstić information content (AvgIpc) is 2.57. The quantitative estimate of drug-likeness (QED) is 0.628. The molecular weight excluding hydrogens is 198 g/mol. The first-order chi connectivity index (χ1) is 6.66. The zero-order chi connectivity index (χ0) is 10.1. The number of aromatic hydroxyl groups is 1. The predicted molar refractivity (Wildman–Crippen MR) is 55.6 cm³/mol. The van der Waals surface area contributed by atoms with Crippen molar-refractivity contribution in [1.82, 2.24) is 15.2 Å². The number of aromatic amines is 2. The van der Waals surface area contributed by atoms with Crippen molar-refractivity contribution in [3.63, 3.8) is 0 Å². The molecule has 0 radical (unpaired) electrons. The van der Waals surface area contributed by atoms with Crippen molar-refractivity contribution in [2.45, 2.75) is 6.92 Å². The summed E-state index contributed by atoms with van der Waals surface area (Å²) < 4.78 is 0.422. The lowest BCUT2D eigenvalue weighted by molar-refractivity contribution is 0.471. The van der Waals surface area contributed by atoms with Gasteiger partial charge in [-0.3, -0.25) is 10.2 Å². The van der Waals surface area contributed by atoms with E-state index < -0.39 is 0 Å². The van der Waals surface area contributed by atoms with Gasteiger partial charge in [-0.2, -0.15) is 4.98 Å². The highest BCUT2D eigenvalue weighted by atomic mass is 32.1. The van der Waals surface area contributed by atoms with E-state index >= 15 is 0 Å². The van der Waals surface area contributed by atoms with Crippen LogP contribution in [0, 0.1) is 11.7 Å². The van der Waals surface area contributed by atoms with Gasteiger partial charge in [0.1, 0.15) is 5.75 Å². The van der Waals surface area contributed by atoms with Gasteiger partial charge in [0.15, 0.2) is 5.82 Å². The van der Waals surface area contributed by atoms with E-state index in [1.54, 1.807) is 12.1 Å². The standard InChI is InChI=1S/C9H9N3OS/c1-5-4-6(2-3-7(5)13)8-10-9(14)12-11-8/h2-4,13H,1H3,(H2,10,11,12,14). The summed E-state index contributed by atoms with van der Waals surface area (Å²) in [5.41, 5.74) is 1.71.